The number of methoxy groups -OCH3 is 1. The van der Waals surface area contributed by atoms with Gasteiger partial charge in [-0.15, -0.1) is 0 Å². The second kappa shape index (κ2) is 24.5. The number of H-pyrrole nitrogens is 1. The molecular formula is C53H62F3N13O11. The third kappa shape index (κ3) is 12.5. The molecule has 426 valence electrons. The van der Waals surface area contributed by atoms with Crippen LogP contribution in [0, 0.1) is 24.1 Å². The molecular weight excluding hydrogens is 1050 g/mol. The van der Waals surface area contributed by atoms with Crippen LogP contribution in [0.25, 0.3) is 32.9 Å². The molecule has 27 heteroatoms. The highest BCUT2D eigenvalue weighted by Crippen LogP contribution is 2.70. The molecule has 9 rings (SSSR count). The van der Waals surface area contributed by atoms with E-state index in [4.69, 9.17) is 14.2 Å². The minimum atomic E-state index is -2.76. The van der Waals surface area contributed by atoms with Gasteiger partial charge >= 0.3 is 5.97 Å². The lowest BCUT2D eigenvalue weighted by Crippen LogP contribution is -2.40. The maximum absolute atomic E-state index is 15.8. The van der Waals surface area contributed by atoms with Crippen LogP contribution in [0.15, 0.2) is 48.9 Å². The molecule has 0 bridgehead atoms. The molecule has 0 radical (unpaired) electrons. The van der Waals surface area contributed by atoms with Gasteiger partial charge in [-0.05, 0) is 49.9 Å². The summed E-state index contributed by atoms with van der Waals surface area (Å²) in [5, 5.41) is 31.3. The highest BCUT2D eigenvalue weighted by Gasteiger charge is 2.78. The number of fused-ring (bicyclic) bond motifs is 4. The Morgan fingerprint density at radius 1 is 0.812 bits per heavy atom. The van der Waals surface area contributed by atoms with Crippen LogP contribution >= 0.6 is 0 Å². The summed E-state index contributed by atoms with van der Waals surface area (Å²) < 4.78 is 70.0. The molecule has 6 aromatic rings. The van der Waals surface area contributed by atoms with E-state index in [1.807, 2.05) is 0 Å². The number of hydrogen-bond donors (Lipinski definition) is 5. The minimum Gasteiger partial charge on any atom is -0.468 e. The number of nitrogens with zero attached hydrogens (tertiary/aromatic N) is 8. The largest absolute Gasteiger partial charge is 0.468 e. The van der Waals surface area contributed by atoms with Crippen LogP contribution in [0.5, 0.6) is 0 Å². The molecule has 24 nitrogen and oxygen atoms in total. The Balaban J connectivity index is 0.614. The van der Waals surface area contributed by atoms with Gasteiger partial charge < -0.3 is 45.1 Å². The fourth-order valence-corrected chi connectivity index (χ4v) is 10.4. The normalized spacial score (nSPS) is 17.4. The number of aromatic nitrogens is 8. The zero-order valence-electron chi connectivity index (χ0n) is 44.4. The molecule has 0 unspecified atom stereocenters. The number of ether oxygens (including phenoxy) is 4. The zero-order valence-corrected chi connectivity index (χ0v) is 44.4. The van der Waals surface area contributed by atoms with Crippen LogP contribution in [-0.4, -0.2) is 171 Å². The lowest BCUT2D eigenvalue weighted by Gasteiger charge is -2.32. The molecule has 1 aliphatic heterocycles. The molecule has 2 aliphatic carbocycles. The molecule has 5 amide bonds. The van der Waals surface area contributed by atoms with Crippen molar-refractivity contribution in [2.75, 3.05) is 84.8 Å². The van der Waals surface area contributed by atoms with Gasteiger partial charge in [-0.2, -0.15) is 20.4 Å². The van der Waals surface area contributed by atoms with Gasteiger partial charge in [-0.25, -0.2) is 17.9 Å². The number of likely N-dealkylation sites (tertiary alicyclic amines) is 1. The monoisotopic (exact) mass is 1110 g/mol. The van der Waals surface area contributed by atoms with Crippen LogP contribution in [0.1, 0.15) is 77.3 Å². The van der Waals surface area contributed by atoms with Gasteiger partial charge in [0, 0.05) is 84.0 Å². The third-order valence-electron chi connectivity index (χ3n) is 14.9. The van der Waals surface area contributed by atoms with Crippen LogP contribution in [0.3, 0.4) is 0 Å². The Morgan fingerprint density at radius 2 is 1.55 bits per heavy atom. The van der Waals surface area contributed by atoms with Crippen molar-refractivity contribution in [3.63, 3.8) is 0 Å². The number of hydrogen-bond acceptors (Lipinski definition) is 15. The molecule has 2 aromatic carbocycles. The molecule has 5 N–H and O–H groups in total. The third-order valence-corrected chi connectivity index (χ3v) is 14.9. The van der Waals surface area contributed by atoms with Gasteiger partial charge in [-0.3, -0.25) is 48.0 Å². The predicted octanol–water partition coefficient (Wildman–Crippen LogP) is 3.29. The Bertz CT molecular complexity index is 3310. The van der Waals surface area contributed by atoms with Crippen molar-refractivity contribution in [2.45, 2.75) is 77.3 Å². The Morgan fingerprint density at radius 3 is 2.31 bits per heavy atom. The van der Waals surface area contributed by atoms with Gasteiger partial charge in [0.2, 0.25) is 29.5 Å². The van der Waals surface area contributed by atoms with E-state index in [-0.39, 0.29) is 120 Å². The van der Waals surface area contributed by atoms with Gasteiger partial charge in [0.15, 0.2) is 5.69 Å². The summed E-state index contributed by atoms with van der Waals surface area (Å²) in [5.74, 6) is -7.24. The van der Waals surface area contributed by atoms with Gasteiger partial charge in [-0.1, -0.05) is 19.1 Å². The lowest BCUT2D eigenvalue weighted by atomic mass is 9.87. The molecule has 3 aliphatic rings. The summed E-state index contributed by atoms with van der Waals surface area (Å²) >= 11 is 0. The fourth-order valence-electron chi connectivity index (χ4n) is 10.4. The standard InChI is InChI=1S/C53H62F3N13O11/c1-31-49-35(5-4-6-40(49)68(65-31)30-45(72)58-27-44(71)59-28-48(75)77-3)36-22-41-32(21-38(36)54)25-61-69(41)47(74)8-7-43(70)57-12-16-79-18-20-80-19-17-78-15-11-46(73)66-13-9-34(10-14-66)67-29-33(26-60-67)62-51(76)50-37-23-42-52(2,53(42,55)56)24-39(37)63-64-50/h4-6,21-22,25-26,29,34,42H,7-20,23-24,27-28,30H2,1-3H3,(H,57,70)(H,58,72)(H,59,71)(H,62,76)(H,63,64)/t42-,52+/m1/s1. The first-order valence-electron chi connectivity index (χ1n) is 26.3. The van der Waals surface area contributed by atoms with Gasteiger partial charge in [0.1, 0.15) is 18.9 Å². The lowest BCUT2D eigenvalue weighted by molar-refractivity contribution is -0.141. The van der Waals surface area contributed by atoms with E-state index in [2.05, 4.69) is 51.5 Å². The number of rotatable bonds is 25. The summed E-state index contributed by atoms with van der Waals surface area (Å²) in [6.45, 7) is 5.15. The van der Waals surface area contributed by atoms with Crippen molar-refractivity contribution in [3.8, 4) is 11.1 Å². The smallest absolute Gasteiger partial charge is 0.325 e. The number of nitrogens with one attached hydrogen (secondary N) is 5. The van der Waals surface area contributed by atoms with Crippen LogP contribution in [0.2, 0.25) is 0 Å². The number of esters is 1. The number of alkyl halides is 2. The number of aryl methyl sites for hydroxylation is 1. The van der Waals surface area contributed by atoms with Crippen molar-refractivity contribution in [1.29, 1.82) is 0 Å². The first-order valence-corrected chi connectivity index (χ1v) is 26.3. The second-order valence-electron chi connectivity index (χ2n) is 20.1. The number of anilines is 1. The van der Waals surface area contributed by atoms with E-state index >= 15 is 4.39 Å². The Kier molecular flexibility index (Phi) is 17.4. The topological polar surface area (TPSA) is 290 Å². The number of amides is 5. The average Bonchev–Trinajstić information content (AvgIpc) is 4.32. The van der Waals surface area contributed by atoms with Crippen molar-refractivity contribution < 1.29 is 65.7 Å². The number of carbonyl (C=O) groups excluding carboxylic acids is 7. The Labute approximate surface area is 455 Å². The first kappa shape index (κ1) is 56.7. The highest BCUT2D eigenvalue weighted by molar-refractivity contribution is 6.04. The van der Waals surface area contributed by atoms with E-state index < -0.39 is 52.7 Å². The quantitative estimate of drug-likeness (QED) is 0.0406. The first-order chi connectivity index (χ1) is 38.4. The molecule has 0 spiro atoms. The second-order valence-corrected chi connectivity index (χ2v) is 20.1. The summed E-state index contributed by atoms with van der Waals surface area (Å²) in [4.78, 5) is 89.8. The van der Waals surface area contributed by atoms with Crippen LogP contribution in [-0.2, 0) is 62.3 Å². The molecule has 1 saturated heterocycles. The number of carbonyl (C=O) groups is 7. The van der Waals surface area contributed by atoms with E-state index in [1.165, 1.54) is 36.3 Å². The van der Waals surface area contributed by atoms with Crippen molar-refractivity contribution in [3.05, 3.63) is 77.4 Å². The molecule has 4 aromatic heterocycles. The van der Waals surface area contributed by atoms with Crippen molar-refractivity contribution in [1.82, 2.24) is 60.4 Å². The number of benzene rings is 2. The van der Waals surface area contributed by atoms with E-state index in [0.717, 1.165) is 4.68 Å². The minimum absolute atomic E-state index is 0.0189. The van der Waals surface area contributed by atoms with Crippen LogP contribution in [0.4, 0.5) is 18.9 Å². The highest BCUT2D eigenvalue weighted by atomic mass is 19.3. The fraction of sp³-hybridized carbons (Fsp3) is 0.491. The number of aromatic amines is 1. The average molecular weight is 1110 g/mol. The molecule has 5 heterocycles. The number of halogens is 3. The summed E-state index contributed by atoms with van der Waals surface area (Å²) in [7, 11) is 1.18. The predicted molar refractivity (Wildman–Crippen MR) is 279 cm³/mol. The van der Waals surface area contributed by atoms with Gasteiger partial charge in [0.25, 0.3) is 11.8 Å². The molecule has 1 saturated carbocycles. The summed E-state index contributed by atoms with van der Waals surface area (Å²) in [5.41, 5.74) is 2.59. The van der Waals surface area contributed by atoms with E-state index in [1.54, 1.807) is 47.8 Å². The van der Waals surface area contributed by atoms with Crippen molar-refractivity contribution >= 4 is 68.9 Å². The van der Waals surface area contributed by atoms with E-state index in [9.17, 15) is 42.3 Å². The van der Waals surface area contributed by atoms with E-state index in [0.29, 0.717) is 82.5 Å². The van der Waals surface area contributed by atoms with Gasteiger partial charge in [0.05, 0.1) is 101 Å². The maximum atomic E-state index is 15.8. The molecule has 2 fully saturated rings. The summed E-state index contributed by atoms with van der Waals surface area (Å²) in [6.07, 6.45) is 6.14. The van der Waals surface area contributed by atoms with Crippen LogP contribution < -0.4 is 21.3 Å². The molecule has 2 atom stereocenters. The zero-order chi connectivity index (χ0) is 56.7. The summed E-state index contributed by atoms with van der Waals surface area (Å²) in [6, 6.07) is 7.90. The maximum Gasteiger partial charge on any atom is 0.325 e. The Hall–Kier alpha value is -8.04. The SMILES string of the molecule is COC(=O)CNC(=O)CNC(=O)Cn1nc(C)c2c(-c3cc4c(cnn4C(=O)CCC(=O)NCCOCCOCCOCCC(=O)N4CCC(n5cc(NC(=O)c6n[nH]c7c6C[C@H]6C(F)(F)[C@@]6(C)C7)cn5)CC4)cc3F)cccc21. The number of piperidine rings is 1. The van der Waals surface area contributed by atoms with Crippen molar-refractivity contribution in [2.24, 2.45) is 11.3 Å². The molecule has 80 heavy (non-hydrogen) atoms.